The van der Waals surface area contributed by atoms with Crippen LogP contribution in [-0.4, -0.2) is 25.5 Å². The second-order valence-corrected chi connectivity index (χ2v) is 5.22. The minimum atomic E-state index is -0.0245. The van der Waals surface area contributed by atoms with E-state index in [2.05, 4.69) is 43.4 Å². The first-order valence-electron chi connectivity index (χ1n) is 6.72. The van der Waals surface area contributed by atoms with Crippen molar-refractivity contribution in [2.75, 3.05) is 18.5 Å². The fraction of sp³-hybridized carbons (Fsp3) is 0.533. The van der Waals surface area contributed by atoms with Crippen LogP contribution in [0, 0.1) is 0 Å². The highest BCUT2D eigenvalue weighted by Gasteiger charge is 2.28. The van der Waals surface area contributed by atoms with E-state index in [9.17, 15) is 4.79 Å². The van der Waals surface area contributed by atoms with Crippen molar-refractivity contribution in [3.05, 3.63) is 29.8 Å². The molecule has 0 aliphatic carbocycles. The van der Waals surface area contributed by atoms with Crippen molar-refractivity contribution in [1.82, 2.24) is 5.32 Å². The summed E-state index contributed by atoms with van der Waals surface area (Å²) in [5.41, 5.74) is 2.33. The summed E-state index contributed by atoms with van der Waals surface area (Å²) in [6, 6.07) is 8.34. The molecule has 0 saturated carbocycles. The Morgan fingerprint density at radius 1 is 1.28 bits per heavy atom. The second-order valence-electron chi connectivity index (χ2n) is 5.22. The molecule has 18 heavy (non-hydrogen) atoms. The van der Waals surface area contributed by atoms with Crippen molar-refractivity contribution < 1.29 is 4.79 Å². The molecule has 1 aromatic rings. The smallest absolute Gasteiger partial charge is 0.244 e. The zero-order chi connectivity index (χ0) is 13.1. The predicted molar refractivity (Wildman–Crippen MR) is 75.0 cm³/mol. The maximum absolute atomic E-state index is 12.2. The lowest BCUT2D eigenvalue weighted by molar-refractivity contribution is -0.121. The van der Waals surface area contributed by atoms with Gasteiger partial charge in [0.15, 0.2) is 0 Å². The van der Waals surface area contributed by atoms with Crippen LogP contribution in [0.4, 0.5) is 5.69 Å². The van der Waals surface area contributed by atoms with Gasteiger partial charge in [-0.2, -0.15) is 0 Å². The Balaban J connectivity index is 2.17. The van der Waals surface area contributed by atoms with E-state index >= 15 is 0 Å². The van der Waals surface area contributed by atoms with Crippen molar-refractivity contribution >= 4 is 11.6 Å². The van der Waals surface area contributed by atoms with Gasteiger partial charge in [0.05, 0.1) is 6.04 Å². The third kappa shape index (κ3) is 2.56. The van der Waals surface area contributed by atoms with Gasteiger partial charge >= 0.3 is 0 Å². The van der Waals surface area contributed by atoms with Crippen molar-refractivity contribution in [2.45, 2.75) is 38.6 Å². The Bertz CT molecular complexity index is 411. The van der Waals surface area contributed by atoms with Crippen LogP contribution < -0.4 is 10.2 Å². The van der Waals surface area contributed by atoms with Crippen LogP contribution in [0.2, 0.25) is 0 Å². The van der Waals surface area contributed by atoms with E-state index in [1.807, 2.05) is 11.9 Å². The number of hydrogen-bond donors (Lipinski definition) is 1. The normalized spacial score (nSPS) is 20.6. The minimum absolute atomic E-state index is 0.0245. The molecule has 1 aliphatic rings. The molecule has 2 rings (SSSR count). The number of carbonyl (C=O) groups is 1. The number of nitrogens with one attached hydrogen (secondary N) is 1. The molecule has 1 amide bonds. The van der Waals surface area contributed by atoms with E-state index in [-0.39, 0.29) is 11.9 Å². The molecule has 1 fully saturated rings. The molecule has 0 bridgehead atoms. The maximum atomic E-state index is 12.2. The van der Waals surface area contributed by atoms with Crippen LogP contribution in [0.5, 0.6) is 0 Å². The quantitative estimate of drug-likeness (QED) is 0.889. The average molecular weight is 246 g/mol. The molecule has 98 valence electrons. The van der Waals surface area contributed by atoms with Gasteiger partial charge in [-0.25, -0.2) is 0 Å². The summed E-state index contributed by atoms with van der Waals surface area (Å²) in [5, 5.41) is 3.09. The van der Waals surface area contributed by atoms with Crippen LogP contribution in [0.25, 0.3) is 0 Å². The summed E-state index contributed by atoms with van der Waals surface area (Å²) in [6.07, 6.45) is 2.00. The Morgan fingerprint density at radius 3 is 2.50 bits per heavy atom. The molecule has 3 nitrogen and oxygen atoms in total. The standard InChI is InChI=1S/C15H22N2O/c1-11(2)12-6-8-13(9-7-12)17-10-4-5-14(16-3)15(17)18/h6-9,11,14,16H,4-5,10H2,1-3H3. The fourth-order valence-electron chi connectivity index (χ4n) is 2.44. The number of likely N-dealkylation sites (N-methyl/N-ethyl adjacent to an activating group) is 1. The highest BCUT2D eigenvalue weighted by atomic mass is 16.2. The molecule has 0 spiro atoms. The first-order valence-corrected chi connectivity index (χ1v) is 6.72. The molecule has 1 atom stereocenters. The number of carbonyl (C=O) groups excluding carboxylic acids is 1. The van der Waals surface area contributed by atoms with E-state index in [1.54, 1.807) is 0 Å². The fourth-order valence-corrected chi connectivity index (χ4v) is 2.44. The monoisotopic (exact) mass is 246 g/mol. The predicted octanol–water partition coefficient (Wildman–Crippen LogP) is 2.52. The third-order valence-electron chi connectivity index (χ3n) is 3.66. The topological polar surface area (TPSA) is 32.3 Å². The first-order chi connectivity index (χ1) is 8.63. The second kappa shape index (κ2) is 5.53. The molecular formula is C15H22N2O. The van der Waals surface area contributed by atoms with Gasteiger partial charge in [0.1, 0.15) is 0 Å². The molecule has 1 aromatic carbocycles. The summed E-state index contributed by atoms with van der Waals surface area (Å²) in [5.74, 6) is 0.724. The number of benzene rings is 1. The van der Waals surface area contributed by atoms with Crippen molar-refractivity contribution in [3.63, 3.8) is 0 Å². The van der Waals surface area contributed by atoms with Gasteiger partial charge in [-0.1, -0.05) is 26.0 Å². The number of piperidine rings is 1. The molecule has 0 radical (unpaired) electrons. The number of hydrogen-bond acceptors (Lipinski definition) is 2. The van der Waals surface area contributed by atoms with Crippen LogP contribution in [-0.2, 0) is 4.79 Å². The summed E-state index contributed by atoms with van der Waals surface area (Å²) >= 11 is 0. The molecular weight excluding hydrogens is 224 g/mol. The van der Waals surface area contributed by atoms with Gasteiger partial charge in [-0.3, -0.25) is 4.79 Å². The zero-order valence-electron chi connectivity index (χ0n) is 11.4. The largest absolute Gasteiger partial charge is 0.311 e. The van der Waals surface area contributed by atoms with Gasteiger partial charge in [0, 0.05) is 12.2 Å². The van der Waals surface area contributed by atoms with E-state index in [0.29, 0.717) is 5.92 Å². The van der Waals surface area contributed by atoms with Crippen molar-refractivity contribution in [2.24, 2.45) is 0 Å². The minimum Gasteiger partial charge on any atom is -0.311 e. The number of nitrogens with zero attached hydrogens (tertiary/aromatic N) is 1. The first kappa shape index (κ1) is 13.1. The Morgan fingerprint density at radius 2 is 1.94 bits per heavy atom. The molecule has 1 unspecified atom stereocenters. The lowest BCUT2D eigenvalue weighted by Gasteiger charge is -2.32. The summed E-state index contributed by atoms with van der Waals surface area (Å²) in [7, 11) is 1.86. The number of anilines is 1. The van der Waals surface area contributed by atoms with Crippen LogP contribution >= 0.6 is 0 Å². The van der Waals surface area contributed by atoms with Crippen LogP contribution in [0.15, 0.2) is 24.3 Å². The maximum Gasteiger partial charge on any atom is 0.244 e. The van der Waals surface area contributed by atoms with Crippen molar-refractivity contribution in [3.8, 4) is 0 Å². The molecule has 0 aromatic heterocycles. The van der Waals surface area contributed by atoms with Gasteiger partial charge in [0.2, 0.25) is 5.91 Å². The Kier molecular flexibility index (Phi) is 4.02. The van der Waals surface area contributed by atoms with E-state index < -0.39 is 0 Å². The molecule has 1 aliphatic heterocycles. The van der Waals surface area contributed by atoms with E-state index in [0.717, 1.165) is 25.1 Å². The lowest BCUT2D eigenvalue weighted by atomic mass is 10.0. The van der Waals surface area contributed by atoms with Gasteiger partial charge in [-0.05, 0) is 43.5 Å². The van der Waals surface area contributed by atoms with Gasteiger partial charge < -0.3 is 10.2 Å². The number of amides is 1. The molecule has 3 heteroatoms. The summed E-state index contributed by atoms with van der Waals surface area (Å²) in [4.78, 5) is 14.1. The Hall–Kier alpha value is -1.35. The van der Waals surface area contributed by atoms with Crippen molar-refractivity contribution in [1.29, 1.82) is 0 Å². The van der Waals surface area contributed by atoms with Gasteiger partial charge in [0.25, 0.3) is 0 Å². The highest BCUT2D eigenvalue weighted by Crippen LogP contribution is 2.23. The molecule has 1 saturated heterocycles. The highest BCUT2D eigenvalue weighted by molar-refractivity contribution is 5.97. The van der Waals surface area contributed by atoms with Gasteiger partial charge in [-0.15, -0.1) is 0 Å². The van der Waals surface area contributed by atoms with Crippen LogP contribution in [0.3, 0.4) is 0 Å². The Labute approximate surface area is 109 Å². The number of rotatable bonds is 3. The summed E-state index contributed by atoms with van der Waals surface area (Å²) in [6.45, 7) is 5.19. The zero-order valence-corrected chi connectivity index (χ0v) is 11.4. The molecule has 1 heterocycles. The van der Waals surface area contributed by atoms with E-state index in [1.165, 1.54) is 5.56 Å². The third-order valence-corrected chi connectivity index (χ3v) is 3.66. The SMILES string of the molecule is CNC1CCCN(c2ccc(C(C)C)cc2)C1=O. The average Bonchev–Trinajstić information content (AvgIpc) is 2.39. The molecule has 1 N–H and O–H groups in total. The van der Waals surface area contributed by atoms with E-state index in [4.69, 9.17) is 0 Å². The lowest BCUT2D eigenvalue weighted by Crippen LogP contribution is -2.49. The van der Waals surface area contributed by atoms with Crippen LogP contribution in [0.1, 0.15) is 38.2 Å². The summed E-state index contributed by atoms with van der Waals surface area (Å²) < 4.78 is 0.